The maximum absolute atomic E-state index is 12.0. The van der Waals surface area contributed by atoms with Crippen LogP contribution in [0.3, 0.4) is 0 Å². The van der Waals surface area contributed by atoms with Crippen molar-refractivity contribution in [2.45, 2.75) is 39.4 Å². The van der Waals surface area contributed by atoms with Crippen LogP contribution in [0.15, 0.2) is 77.9 Å². The number of rotatable bonds is 11. The number of carbonyl (C=O) groups excluding carboxylic acids is 1. The molecule has 0 aliphatic heterocycles. The van der Waals surface area contributed by atoms with Crippen LogP contribution >= 0.6 is 0 Å². The molecule has 6 heteroatoms. The lowest BCUT2D eigenvalue weighted by molar-refractivity contribution is -0.121. The van der Waals surface area contributed by atoms with Gasteiger partial charge in [-0.15, -0.1) is 0 Å². The van der Waals surface area contributed by atoms with Gasteiger partial charge in [-0.1, -0.05) is 42.0 Å². The fraction of sp³-hybridized carbons (Fsp3) is 0.259. The van der Waals surface area contributed by atoms with Gasteiger partial charge in [0, 0.05) is 6.42 Å². The zero-order valence-corrected chi connectivity index (χ0v) is 19.0. The lowest BCUT2D eigenvalue weighted by Gasteiger charge is -2.11. The van der Waals surface area contributed by atoms with E-state index in [0.717, 1.165) is 28.2 Å². The van der Waals surface area contributed by atoms with Gasteiger partial charge in [-0.3, -0.25) is 4.79 Å². The molecule has 0 radical (unpaired) electrons. The number of aliphatic hydroxyl groups excluding tert-OH is 1. The van der Waals surface area contributed by atoms with Gasteiger partial charge in [-0.05, 0) is 73.4 Å². The molecule has 3 aromatic rings. The van der Waals surface area contributed by atoms with Crippen LogP contribution < -0.4 is 14.9 Å². The maximum Gasteiger partial charge on any atom is 0.240 e. The van der Waals surface area contributed by atoms with E-state index >= 15 is 0 Å². The first-order valence-corrected chi connectivity index (χ1v) is 11.0. The minimum atomic E-state index is -0.720. The van der Waals surface area contributed by atoms with E-state index in [2.05, 4.69) is 41.7 Å². The molecule has 0 fully saturated rings. The summed E-state index contributed by atoms with van der Waals surface area (Å²) in [6.07, 6.45) is 1.33. The van der Waals surface area contributed by atoms with Crippen molar-refractivity contribution in [1.82, 2.24) is 5.43 Å². The number of aliphatic hydroxyl groups is 1. The van der Waals surface area contributed by atoms with Crippen LogP contribution in [-0.2, 0) is 11.4 Å². The number of hydrogen-bond acceptors (Lipinski definition) is 5. The molecule has 6 nitrogen and oxygen atoms in total. The Morgan fingerprint density at radius 2 is 1.61 bits per heavy atom. The normalized spacial score (nSPS) is 11.8. The Labute approximate surface area is 194 Å². The van der Waals surface area contributed by atoms with E-state index in [9.17, 15) is 9.90 Å². The van der Waals surface area contributed by atoms with Gasteiger partial charge in [0.25, 0.3) is 0 Å². The fourth-order valence-corrected chi connectivity index (χ4v) is 3.12. The van der Waals surface area contributed by atoms with Crippen molar-refractivity contribution < 1.29 is 19.4 Å². The summed E-state index contributed by atoms with van der Waals surface area (Å²) in [6.45, 7) is 5.07. The summed E-state index contributed by atoms with van der Waals surface area (Å²) in [6, 6.07) is 22.9. The number of nitrogens with one attached hydrogen (secondary N) is 1. The minimum absolute atomic E-state index is 0.164. The second-order valence-corrected chi connectivity index (χ2v) is 7.69. The monoisotopic (exact) mass is 446 g/mol. The molecule has 3 aromatic carbocycles. The summed E-state index contributed by atoms with van der Waals surface area (Å²) in [5.41, 5.74) is 6.42. The van der Waals surface area contributed by atoms with Crippen LogP contribution in [0.2, 0.25) is 0 Å². The second-order valence-electron chi connectivity index (χ2n) is 7.69. The Kier molecular flexibility index (Phi) is 9.03. The minimum Gasteiger partial charge on any atom is -0.494 e. The summed E-state index contributed by atoms with van der Waals surface area (Å²) in [5.74, 6) is 1.26. The van der Waals surface area contributed by atoms with Crippen molar-refractivity contribution >= 4 is 12.1 Å². The summed E-state index contributed by atoms with van der Waals surface area (Å²) >= 11 is 0. The standard InChI is InChI=1S/C27H30N2O4/c1-3-32-24-14-10-23(11-15-24)26(30)16-17-27(31)29-28-18-21-8-12-25(13-9-21)33-19-22-6-4-20(2)5-7-22/h4-15,18,26,30H,3,16-17,19H2,1-2H3,(H,29,31)/b28-18-/t26-/m0/s1. The first-order chi connectivity index (χ1) is 16.0. The summed E-state index contributed by atoms with van der Waals surface area (Å²) in [7, 11) is 0. The zero-order valence-electron chi connectivity index (χ0n) is 19.0. The molecule has 0 bridgehead atoms. The van der Waals surface area contributed by atoms with Crippen LogP contribution in [0, 0.1) is 6.92 Å². The van der Waals surface area contributed by atoms with Crippen LogP contribution in [0.4, 0.5) is 0 Å². The zero-order chi connectivity index (χ0) is 23.5. The van der Waals surface area contributed by atoms with Gasteiger partial charge in [0.15, 0.2) is 0 Å². The third kappa shape index (κ3) is 8.09. The van der Waals surface area contributed by atoms with Crippen LogP contribution in [0.5, 0.6) is 11.5 Å². The quantitative estimate of drug-likeness (QED) is 0.323. The number of nitrogens with zero attached hydrogens (tertiary/aromatic N) is 1. The molecule has 0 spiro atoms. The van der Waals surface area contributed by atoms with Gasteiger partial charge < -0.3 is 14.6 Å². The lowest BCUT2D eigenvalue weighted by atomic mass is 10.0. The van der Waals surface area contributed by atoms with Crippen molar-refractivity contribution in [3.05, 3.63) is 95.1 Å². The van der Waals surface area contributed by atoms with Crippen molar-refractivity contribution in [2.24, 2.45) is 5.10 Å². The van der Waals surface area contributed by atoms with Crippen LogP contribution in [-0.4, -0.2) is 23.8 Å². The molecule has 0 saturated carbocycles. The lowest BCUT2D eigenvalue weighted by Crippen LogP contribution is -2.18. The number of aryl methyl sites for hydroxylation is 1. The molecule has 2 N–H and O–H groups in total. The molecule has 1 amide bonds. The number of benzene rings is 3. The number of hydrazone groups is 1. The van der Waals surface area contributed by atoms with Gasteiger partial charge in [0.1, 0.15) is 18.1 Å². The summed E-state index contributed by atoms with van der Waals surface area (Å²) < 4.78 is 11.2. The fourth-order valence-electron chi connectivity index (χ4n) is 3.12. The van der Waals surface area contributed by atoms with E-state index in [0.29, 0.717) is 19.6 Å². The van der Waals surface area contributed by atoms with Crippen LogP contribution in [0.25, 0.3) is 0 Å². The van der Waals surface area contributed by atoms with E-state index in [-0.39, 0.29) is 12.3 Å². The molecule has 0 aliphatic carbocycles. The number of ether oxygens (including phenoxy) is 2. The highest BCUT2D eigenvalue weighted by atomic mass is 16.5. The average molecular weight is 447 g/mol. The molecule has 0 unspecified atom stereocenters. The van der Waals surface area contributed by atoms with Crippen molar-refractivity contribution in [3.63, 3.8) is 0 Å². The maximum atomic E-state index is 12.0. The number of amides is 1. The molecule has 33 heavy (non-hydrogen) atoms. The largest absolute Gasteiger partial charge is 0.494 e. The first kappa shape index (κ1) is 24.0. The predicted molar refractivity (Wildman–Crippen MR) is 129 cm³/mol. The topological polar surface area (TPSA) is 80.2 Å². The Morgan fingerprint density at radius 3 is 2.27 bits per heavy atom. The van der Waals surface area contributed by atoms with Gasteiger partial charge in [0.2, 0.25) is 5.91 Å². The second kappa shape index (κ2) is 12.4. The predicted octanol–water partition coefficient (Wildman–Crippen LogP) is 4.94. The first-order valence-electron chi connectivity index (χ1n) is 11.0. The molecule has 0 saturated heterocycles. The van der Waals surface area contributed by atoms with Gasteiger partial charge in [-0.25, -0.2) is 5.43 Å². The highest BCUT2D eigenvalue weighted by Crippen LogP contribution is 2.21. The van der Waals surface area contributed by atoms with E-state index in [4.69, 9.17) is 9.47 Å². The molecule has 1 atom stereocenters. The molecule has 172 valence electrons. The van der Waals surface area contributed by atoms with E-state index < -0.39 is 6.10 Å². The average Bonchev–Trinajstić information content (AvgIpc) is 2.84. The van der Waals surface area contributed by atoms with Crippen LogP contribution in [0.1, 0.15) is 48.1 Å². The Morgan fingerprint density at radius 1 is 0.970 bits per heavy atom. The summed E-state index contributed by atoms with van der Waals surface area (Å²) in [4.78, 5) is 12.0. The van der Waals surface area contributed by atoms with Crippen molar-refractivity contribution in [1.29, 1.82) is 0 Å². The SMILES string of the molecule is CCOc1ccc([C@@H](O)CCC(=O)N/N=C\c2ccc(OCc3ccc(C)cc3)cc2)cc1. The smallest absolute Gasteiger partial charge is 0.240 e. The molecule has 0 aliphatic rings. The molecular formula is C27H30N2O4. The molecule has 0 aromatic heterocycles. The molecule has 3 rings (SSSR count). The highest BCUT2D eigenvalue weighted by Gasteiger charge is 2.10. The number of hydrogen-bond donors (Lipinski definition) is 2. The van der Waals surface area contributed by atoms with Gasteiger partial charge in [0.05, 0.1) is 18.9 Å². The Balaban J connectivity index is 1.39. The van der Waals surface area contributed by atoms with Gasteiger partial charge in [-0.2, -0.15) is 5.10 Å². The van der Waals surface area contributed by atoms with E-state index in [1.165, 1.54) is 5.56 Å². The summed E-state index contributed by atoms with van der Waals surface area (Å²) in [5, 5.41) is 14.3. The Bertz CT molecular complexity index is 1030. The molecular weight excluding hydrogens is 416 g/mol. The van der Waals surface area contributed by atoms with E-state index in [1.54, 1.807) is 18.3 Å². The van der Waals surface area contributed by atoms with E-state index in [1.807, 2.05) is 43.3 Å². The van der Waals surface area contributed by atoms with Crippen molar-refractivity contribution in [2.75, 3.05) is 6.61 Å². The Hall–Kier alpha value is -3.64. The highest BCUT2D eigenvalue weighted by molar-refractivity contribution is 5.82. The molecule has 0 heterocycles. The number of carbonyl (C=O) groups is 1. The van der Waals surface area contributed by atoms with Gasteiger partial charge >= 0.3 is 0 Å². The van der Waals surface area contributed by atoms with Crippen molar-refractivity contribution in [3.8, 4) is 11.5 Å². The third-order valence-corrected chi connectivity index (χ3v) is 5.03. The third-order valence-electron chi connectivity index (χ3n) is 5.03.